The second-order valence-electron chi connectivity index (χ2n) is 5.30. The van der Waals surface area contributed by atoms with E-state index >= 15 is 0 Å². The standard InChI is InChI=1S/C16H15FN2O3S/c1-9(10-2-4-11(17)5-3-10)18-14(20)13-8-12(16(21)22)15-19(13)6-7-23-15/h2-5,8-9H,6-7H2,1H3,(H,18,20)(H,21,22). The molecule has 0 fully saturated rings. The lowest BCUT2D eigenvalue weighted by Gasteiger charge is -2.15. The molecule has 1 aromatic carbocycles. The number of carboxylic acid groups (broad SMARTS) is 1. The van der Waals surface area contributed by atoms with Crippen molar-refractivity contribution in [3.05, 3.63) is 53.0 Å². The number of amides is 1. The van der Waals surface area contributed by atoms with Crippen LogP contribution in [0.3, 0.4) is 0 Å². The van der Waals surface area contributed by atoms with Crippen LogP contribution in [0.5, 0.6) is 0 Å². The number of aromatic nitrogens is 1. The fourth-order valence-electron chi connectivity index (χ4n) is 2.59. The van der Waals surface area contributed by atoms with Gasteiger partial charge in [0.2, 0.25) is 0 Å². The van der Waals surface area contributed by atoms with E-state index in [0.29, 0.717) is 17.3 Å². The minimum absolute atomic E-state index is 0.159. The zero-order valence-electron chi connectivity index (χ0n) is 12.4. The van der Waals surface area contributed by atoms with Gasteiger partial charge in [0.25, 0.3) is 5.91 Å². The molecule has 1 aromatic heterocycles. The van der Waals surface area contributed by atoms with E-state index in [0.717, 1.165) is 11.3 Å². The first-order valence-corrected chi connectivity index (χ1v) is 8.12. The van der Waals surface area contributed by atoms with Gasteiger partial charge in [0, 0.05) is 12.3 Å². The summed E-state index contributed by atoms with van der Waals surface area (Å²) in [5, 5.41) is 12.7. The maximum absolute atomic E-state index is 13.0. The molecule has 120 valence electrons. The second kappa shape index (κ2) is 6.08. The van der Waals surface area contributed by atoms with Gasteiger partial charge in [-0.1, -0.05) is 12.1 Å². The summed E-state index contributed by atoms with van der Waals surface area (Å²) in [6, 6.07) is 7.01. The molecule has 0 saturated heterocycles. The molecule has 2 aromatic rings. The average molecular weight is 334 g/mol. The SMILES string of the molecule is CC(NC(=O)c1cc(C(=O)O)c2n1CCS2)c1ccc(F)cc1. The molecule has 1 unspecified atom stereocenters. The molecule has 1 amide bonds. The van der Waals surface area contributed by atoms with Gasteiger partial charge in [0.15, 0.2) is 0 Å². The van der Waals surface area contributed by atoms with Crippen molar-refractivity contribution in [3.63, 3.8) is 0 Å². The van der Waals surface area contributed by atoms with Crippen molar-refractivity contribution in [2.24, 2.45) is 0 Å². The quantitative estimate of drug-likeness (QED) is 0.902. The number of thioether (sulfide) groups is 1. The molecule has 2 N–H and O–H groups in total. The number of halogens is 1. The van der Waals surface area contributed by atoms with Crippen LogP contribution in [0.1, 0.15) is 39.4 Å². The molecule has 23 heavy (non-hydrogen) atoms. The van der Waals surface area contributed by atoms with E-state index in [9.17, 15) is 19.1 Å². The van der Waals surface area contributed by atoms with Crippen LogP contribution < -0.4 is 5.32 Å². The first kappa shape index (κ1) is 15.6. The number of carbonyl (C=O) groups excluding carboxylic acids is 1. The minimum Gasteiger partial charge on any atom is -0.478 e. The van der Waals surface area contributed by atoms with Crippen molar-refractivity contribution < 1.29 is 19.1 Å². The largest absolute Gasteiger partial charge is 0.478 e. The Morgan fingerprint density at radius 3 is 2.70 bits per heavy atom. The fourth-order valence-corrected chi connectivity index (χ4v) is 3.70. The normalized spacial score (nSPS) is 14.3. The third-order valence-corrected chi connectivity index (χ3v) is 4.88. The van der Waals surface area contributed by atoms with Crippen LogP contribution in [-0.4, -0.2) is 27.3 Å². The lowest BCUT2D eigenvalue weighted by molar-refractivity contribution is 0.0692. The molecule has 2 heterocycles. The van der Waals surface area contributed by atoms with E-state index in [1.54, 1.807) is 23.6 Å². The molecule has 0 radical (unpaired) electrons. The summed E-state index contributed by atoms with van der Waals surface area (Å²) >= 11 is 1.44. The first-order valence-electron chi connectivity index (χ1n) is 7.13. The number of nitrogens with zero attached hydrogens (tertiary/aromatic N) is 1. The number of aromatic carboxylic acids is 1. The third kappa shape index (κ3) is 2.96. The highest BCUT2D eigenvalue weighted by molar-refractivity contribution is 7.99. The smallest absolute Gasteiger partial charge is 0.338 e. The molecule has 1 atom stereocenters. The van der Waals surface area contributed by atoms with E-state index in [1.807, 2.05) is 0 Å². The number of hydrogen-bond acceptors (Lipinski definition) is 3. The molecule has 0 aliphatic carbocycles. The lowest BCUT2D eigenvalue weighted by Crippen LogP contribution is -2.28. The number of rotatable bonds is 4. The van der Waals surface area contributed by atoms with Gasteiger partial charge in [-0.3, -0.25) is 4.79 Å². The zero-order valence-corrected chi connectivity index (χ0v) is 13.2. The van der Waals surface area contributed by atoms with Crippen LogP contribution >= 0.6 is 11.8 Å². The lowest BCUT2D eigenvalue weighted by atomic mass is 10.1. The van der Waals surface area contributed by atoms with Crippen molar-refractivity contribution in [2.75, 3.05) is 5.75 Å². The molecule has 1 aliphatic rings. The maximum atomic E-state index is 13.0. The molecule has 0 saturated carbocycles. The van der Waals surface area contributed by atoms with Crippen LogP contribution in [0.25, 0.3) is 0 Å². The molecule has 3 rings (SSSR count). The highest BCUT2D eigenvalue weighted by atomic mass is 32.2. The topological polar surface area (TPSA) is 71.3 Å². The molecular weight excluding hydrogens is 319 g/mol. The maximum Gasteiger partial charge on any atom is 0.338 e. The number of nitrogens with one attached hydrogen (secondary N) is 1. The Bertz CT molecular complexity index is 770. The molecular formula is C16H15FN2O3S. The van der Waals surface area contributed by atoms with Gasteiger partial charge < -0.3 is 15.0 Å². The summed E-state index contributed by atoms with van der Waals surface area (Å²) in [6.07, 6.45) is 0. The highest BCUT2D eigenvalue weighted by Crippen LogP contribution is 2.33. The molecule has 5 nitrogen and oxygen atoms in total. The van der Waals surface area contributed by atoms with Gasteiger partial charge in [-0.2, -0.15) is 0 Å². The predicted molar refractivity (Wildman–Crippen MR) is 84.4 cm³/mol. The highest BCUT2D eigenvalue weighted by Gasteiger charge is 2.27. The van der Waals surface area contributed by atoms with Gasteiger partial charge in [0.05, 0.1) is 16.6 Å². The van der Waals surface area contributed by atoms with Gasteiger partial charge in [-0.25, -0.2) is 9.18 Å². The zero-order chi connectivity index (χ0) is 16.6. The Labute approximate surface area is 136 Å². The van der Waals surface area contributed by atoms with Crippen molar-refractivity contribution >= 4 is 23.6 Å². The van der Waals surface area contributed by atoms with E-state index in [4.69, 9.17) is 0 Å². The van der Waals surface area contributed by atoms with Gasteiger partial charge in [-0.15, -0.1) is 11.8 Å². The van der Waals surface area contributed by atoms with Crippen LogP contribution in [0.4, 0.5) is 4.39 Å². The Kier molecular flexibility index (Phi) is 4.12. The number of benzene rings is 1. The summed E-state index contributed by atoms with van der Waals surface area (Å²) in [6.45, 7) is 2.41. The molecule has 0 spiro atoms. The Hall–Kier alpha value is -2.28. The van der Waals surface area contributed by atoms with E-state index < -0.39 is 5.97 Å². The summed E-state index contributed by atoms with van der Waals surface area (Å²) in [7, 11) is 0. The number of fused-ring (bicyclic) bond motifs is 1. The summed E-state index contributed by atoms with van der Waals surface area (Å²) < 4.78 is 14.7. The van der Waals surface area contributed by atoms with Crippen molar-refractivity contribution in [3.8, 4) is 0 Å². The van der Waals surface area contributed by atoms with Crippen molar-refractivity contribution in [1.82, 2.24) is 9.88 Å². The Morgan fingerprint density at radius 1 is 1.35 bits per heavy atom. The van der Waals surface area contributed by atoms with Crippen LogP contribution in [0.2, 0.25) is 0 Å². The van der Waals surface area contributed by atoms with E-state index in [1.165, 1.54) is 30.0 Å². The van der Waals surface area contributed by atoms with E-state index in [-0.39, 0.29) is 23.3 Å². The van der Waals surface area contributed by atoms with Crippen molar-refractivity contribution in [1.29, 1.82) is 0 Å². The predicted octanol–water partition coefficient (Wildman–Crippen LogP) is 2.92. The summed E-state index contributed by atoms with van der Waals surface area (Å²) in [5.74, 6) is -0.948. The molecule has 1 aliphatic heterocycles. The Morgan fingerprint density at radius 2 is 2.04 bits per heavy atom. The Balaban J connectivity index is 1.82. The third-order valence-electron chi connectivity index (χ3n) is 3.78. The summed E-state index contributed by atoms with van der Waals surface area (Å²) in [5.41, 5.74) is 1.28. The molecule has 0 bridgehead atoms. The van der Waals surface area contributed by atoms with Crippen LogP contribution in [0, 0.1) is 5.82 Å². The second-order valence-corrected chi connectivity index (χ2v) is 6.38. The van der Waals surface area contributed by atoms with Crippen molar-refractivity contribution in [2.45, 2.75) is 24.5 Å². The number of hydrogen-bond donors (Lipinski definition) is 2. The van der Waals surface area contributed by atoms with Gasteiger partial charge >= 0.3 is 5.97 Å². The van der Waals surface area contributed by atoms with Crippen LogP contribution in [0.15, 0.2) is 35.4 Å². The van der Waals surface area contributed by atoms with Gasteiger partial charge in [0.1, 0.15) is 11.5 Å². The minimum atomic E-state index is -1.03. The average Bonchev–Trinajstić information content (AvgIpc) is 3.08. The van der Waals surface area contributed by atoms with Gasteiger partial charge in [-0.05, 0) is 30.7 Å². The monoisotopic (exact) mass is 334 g/mol. The molecule has 7 heteroatoms. The first-order chi connectivity index (χ1) is 11.0. The number of carboxylic acids is 1. The fraction of sp³-hybridized carbons (Fsp3) is 0.250. The number of carbonyl (C=O) groups is 2. The van der Waals surface area contributed by atoms with E-state index in [2.05, 4.69) is 5.32 Å². The summed E-state index contributed by atoms with van der Waals surface area (Å²) in [4.78, 5) is 23.8. The van der Waals surface area contributed by atoms with Crippen LogP contribution in [-0.2, 0) is 6.54 Å².